The summed E-state index contributed by atoms with van der Waals surface area (Å²) in [5.74, 6) is -3.18. The van der Waals surface area contributed by atoms with Crippen molar-refractivity contribution in [1.82, 2.24) is 0 Å². The van der Waals surface area contributed by atoms with E-state index in [1.54, 1.807) is 7.11 Å². The van der Waals surface area contributed by atoms with Gasteiger partial charge in [-0.05, 0) is 42.7 Å². The Balaban J connectivity index is 1.81. The highest BCUT2D eigenvalue weighted by Crippen LogP contribution is 2.52. The van der Waals surface area contributed by atoms with Gasteiger partial charge in [0.05, 0.1) is 12.7 Å². The van der Waals surface area contributed by atoms with Gasteiger partial charge in [-0.1, -0.05) is 0 Å². The minimum atomic E-state index is -4.63. The van der Waals surface area contributed by atoms with E-state index in [0.717, 1.165) is 18.9 Å². The second kappa shape index (κ2) is 6.59. The number of alkyl halides is 5. The fraction of sp³-hybridized carbons (Fsp3) is 0.625. The SMILES string of the molecule is COC1CC(COc2ccc(SC(F)(F)F)c3c2CC(F)(F)C3O)C1. The third-order valence-corrected chi connectivity index (χ3v) is 5.39. The Kier molecular flexibility index (Phi) is 4.93. The van der Waals surface area contributed by atoms with E-state index in [1.807, 2.05) is 0 Å². The first-order valence-electron chi connectivity index (χ1n) is 7.73. The molecule has 2 aliphatic carbocycles. The summed E-state index contributed by atoms with van der Waals surface area (Å²) in [5, 5.41) is 9.81. The predicted molar refractivity (Wildman–Crippen MR) is 81.0 cm³/mol. The lowest BCUT2D eigenvalue weighted by molar-refractivity contribution is -0.0977. The molecular formula is C16H17F5O3S. The molecule has 0 radical (unpaired) electrons. The molecule has 1 aromatic rings. The normalized spacial score (nSPS) is 27.7. The van der Waals surface area contributed by atoms with Crippen molar-refractivity contribution in [2.75, 3.05) is 13.7 Å². The molecule has 0 bridgehead atoms. The molecule has 1 N–H and O–H groups in total. The second-order valence-corrected chi connectivity index (χ2v) is 7.46. The summed E-state index contributed by atoms with van der Waals surface area (Å²) in [4.78, 5) is -0.414. The van der Waals surface area contributed by atoms with Crippen molar-refractivity contribution in [3.05, 3.63) is 23.3 Å². The number of hydrogen-bond acceptors (Lipinski definition) is 4. The summed E-state index contributed by atoms with van der Waals surface area (Å²) < 4.78 is 76.5. The van der Waals surface area contributed by atoms with Gasteiger partial charge in [0, 0.05) is 29.6 Å². The van der Waals surface area contributed by atoms with E-state index >= 15 is 0 Å². The number of aliphatic hydroxyl groups excluding tert-OH is 1. The number of thioether (sulfide) groups is 1. The Hall–Kier alpha value is -1.06. The van der Waals surface area contributed by atoms with Crippen molar-refractivity contribution in [2.24, 2.45) is 5.92 Å². The molecule has 9 heteroatoms. The van der Waals surface area contributed by atoms with Crippen LogP contribution >= 0.6 is 11.8 Å². The van der Waals surface area contributed by atoms with E-state index in [2.05, 4.69) is 0 Å². The molecule has 25 heavy (non-hydrogen) atoms. The van der Waals surface area contributed by atoms with Crippen molar-refractivity contribution in [2.45, 2.75) is 47.8 Å². The topological polar surface area (TPSA) is 38.7 Å². The molecule has 0 aliphatic heterocycles. The molecule has 0 heterocycles. The lowest BCUT2D eigenvalue weighted by Crippen LogP contribution is -2.34. The fourth-order valence-corrected chi connectivity index (χ4v) is 3.94. The standard InChI is InChI=1S/C16H17F5O3S/c1-23-9-4-8(5-9)7-24-11-2-3-12(25-16(19,20)21)13-10(11)6-15(17,18)14(13)22/h2-3,8-9,14,22H,4-7H2,1H3. The van der Waals surface area contributed by atoms with Gasteiger partial charge in [-0.3, -0.25) is 0 Å². The molecule has 1 atom stereocenters. The lowest BCUT2D eigenvalue weighted by Gasteiger charge is -2.34. The van der Waals surface area contributed by atoms with E-state index in [4.69, 9.17) is 9.47 Å². The van der Waals surface area contributed by atoms with Crippen molar-refractivity contribution >= 4 is 11.8 Å². The van der Waals surface area contributed by atoms with Crippen LogP contribution in [-0.4, -0.2) is 36.4 Å². The molecule has 1 fully saturated rings. The number of halogens is 5. The number of rotatable bonds is 5. The van der Waals surface area contributed by atoms with Crippen LogP contribution in [0.25, 0.3) is 0 Å². The average Bonchev–Trinajstić information content (AvgIpc) is 2.69. The van der Waals surface area contributed by atoms with Gasteiger partial charge in [0.1, 0.15) is 11.9 Å². The highest BCUT2D eigenvalue weighted by molar-refractivity contribution is 8.00. The van der Waals surface area contributed by atoms with Gasteiger partial charge >= 0.3 is 5.51 Å². The molecule has 1 unspecified atom stereocenters. The Morgan fingerprint density at radius 3 is 2.56 bits per heavy atom. The van der Waals surface area contributed by atoms with Gasteiger partial charge in [0.15, 0.2) is 0 Å². The number of hydrogen-bond donors (Lipinski definition) is 1. The molecule has 0 aromatic heterocycles. The zero-order valence-corrected chi connectivity index (χ0v) is 14.1. The molecule has 2 aliphatic rings. The molecule has 140 valence electrons. The number of ether oxygens (including phenoxy) is 2. The number of benzene rings is 1. The predicted octanol–water partition coefficient (Wildman–Crippen LogP) is 4.33. The first-order chi connectivity index (χ1) is 11.6. The van der Waals surface area contributed by atoms with Crippen LogP contribution in [-0.2, 0) is 11.2 Å². The molecule has 3 rings (SSSR count). The summed E-state index contributed by atoms with van der Waals surface area (Å²) in [7, 11) is 1.61. The minimum absolute atomic E-state index is 0.0469. The Morgan fingerprint density at radius 2 is 1.96 bits per heavy atom. The van der Waals surface area contributed by atoms with Crippen LogP contribution in [0.4, 0.5) is 22.0 Å². The van der Waals surface area contributed by atoms with Crippen LogP contribution in [0.5, 0.6) is 5.75 Å². The van der Waals surface area contributed by atoms with Crippen LogP contribution < -0.4 is 4.74 Å². The van der Waals surface area contributed by atoms with Gasteiger partial charge in [-0.15, -0.1) is 0 Å². The Morgan fingerprint density at radius 1 is 1.28 bits per heavy atom. The molecule has 1 saturated carbocycles. The molecule has 1 aromatic carbocycles. The molecule has 0 amide bonds. The van der Waals surface area contributed by atoms with Gasteiger partial charge < -0.3 is 14.6 Å². The summed E-state index contributed by atoms with van der Waals surface area (Å²) >= 11 is -0.503. The summed E-state index contributed by atoms with van der Waals surface area (Å²) in [6.07, 6.45) is -1.36. The highest BCUT2D eigenvalue weighted by atomic mass is 32.2. The number of methoxy groups -OCH3 is 1. The van der Waals surface area contributed by atoms with Crippen molar-refractivity contribution < 1.29 is 36.5 Å². The molecular weight excluding hydrogens is 367 g/mol. The summed E-state index contributed by atoms with van der Waals surface area (Å²) in [5.41, 5.74) is -5.06. The molecule has 0 saturated heterocycles. The maximum Gasteiger partial charge on any atom is 0.446 e. The van der Waals surface area contributed by atoms with Crippen LogP contribution in [0.2, 0.25) is 0 Å². The third kappa shape index (κ3) is 3.88. The average molecular weight is 384 g/mol. The van der Waals surface area contributed by atoms with Crippen LogP contribution in [0, 0.1) is 5.92 Å². The monoisotopic (exact) mass is 384 g/mol. The van der Waals surface area contributed by atoms with Gasteiger partial charge in [-0.25, -0.2) is 8.78 Å². The van der Waals surface area contributed by atoms with E-state index in [1.165, 1.54) is 6.07 Å². The molecule has 3 nitrogen and oxygen atoms in total. The smallest absolute Gasteiger partial charge is 0.446 e. The van der Waals surface area contributed by atoms with E-state index in [0.29, 0.717) is 0 Å². The van der Waals surface area contributed by atoms with Gasteiger partial charge in [-0.2, -0.15) is 13.2 Å². The van der Waals surface area contributed by atoms with Crippen LogP contribution in [0.1, 0.15) is 30.1 Å². The van der Waals surface area contributed by atoms with Crippen LogP contribution in [0.3, 0.4) is 0 Å². The van der Waals surface area contributed by atoms with Crippen molar-refractivity contribution in [1.29, 1.82) is 0 Å². The lowest BCUT2D eigenvalue weighted by atomic mass is 9.83. The highest BCUT2D eigenvalue weighted by Gasteiger charge is 2.50. The number of aliphatic hydroxyl groups is 1. The second-order valence-electron chi connectivity index (χ2n) is 6.35. The number of fused-ring (bicyclic) bond motifs is 1. The van der Waals surface area contributed by atoms with E-state index < -0.39 is 40.6 Å². The molecule has 0 spiro atoms. The van der Waals surface area contributed by atoms with E-state index in [9.17, 15) is 27.1 Å². The minimum Gasteiger partial charge on any atom is -0.493 e. The Bertz CT molecular complexity index is 643. The van der Waals surface area contributed by atoms with Gasteiger partial charge in [0.2, 0.25) is 0 Å². The fourth-order valence-electron chi connectivity index (χ4n) is 3.21. The maximum atomic E-state index is 13.9. The van der Waals surface area contributed by atoms with E-state index in [-0.39, 0.29) is 35.5 Å². The summed E-state index contributed by atoms with van der Waals surface area (Å²) in [6.45, 7) is 0.278. The quantitative estimate of drug-likeness (QED) is 0.606. The largest absolute Gasteiger partial charge is 0.493 e. The van der Waals surface area contributed by atoms with Crippen molar-refractivity contribution in [3.63, 3.8) is 0 Å². The van der Waals surface area contributed by atoms with Gasteiger partial charge in [0.25, 0.3) is 5.92 Å². The summed E-state index contributed by atoms with van der Waals surface area (Å²) in [6, 6.07) is 2.35. The zero-order chi connectivity index (χ0) is 18.4. The third-order valence-electron chi connectivity index (χ3n) is 4.59. The first kappa shape index (κ1) is 18.7. The van der Waals surface area contributed by atoms with Crippen molar-refractivity contribution in [3.8, 4) is 5.75 Å². The maximum absolute atomic E-state index is 13.9. The van der Waals surface area contributed by atoms with Crippen LogP contribution in [0.15, 0.2) is 17.0 Å². The zero-order valence-electron chi connectivity index (χ0n) is 13.3. The Labute approximate surface area is 145 Å². The first-order valence-corrected chi connectivity index (χ1v) is 8.55.